The number of carbonyl (C=O) groups excluding carboxylic acids is 1. The first-order chi connectivity index (χ1) is 8.18. The van der Waals surface area contributed by atoms with Crippen LogP contribution in [0.2, 0.25) is 0 Å². The number of aliphatic carboxylic acids is 1. The van der Waals surface area contributed by atoms with Crippen LogP contribution in [0.15, 0.2) is 30.3 Å². The lowest BCUT2D eigenvalue weighted by Crippen LogP contribution is -2.32. The number of likely N-dealkylation sites (tertiary alicyclic amines) is 1. The number of hydrogen-bond acceptors (Lipinski definition) is 2. The van der Waals surface area contributed by atoms with Crippen molar-refractivity contribution in [1.29, 1.82) is 0 Å². The van der Waals surface area contributed by atoms with Crippen LogP contribution < -0.4 is 0 Å². The van der Waals surface area contributed by atoms with Crippen molar-refractivity contribution in [3.05, 3.63) is 35.9 Å². The lowest BCUT2D eigenvalue weighted by molar-refractivity contribution is -0.140. The minimum absolute atomic E-state index is 0.0622. The molecule has 0 saturated carbocycles. The minimum Gasteiger partial charge on any atom is -0.481 e. The maximum absolute atomic E-state index is 11.5. The summed E-state index contributed by atoms with van der Waals surface area (Å²) in [7, 11) is 0. The molecule has 1 atom stereocenters. The fraction of sp³-hybridized carbons (Fsp3) is 0.385. The number of carboxylic acids is 1. The zero-order chi connectivity index (χ0) is 12.3. The summed E-state index contributed by atoms with van der Waals surface area (Å²) in [6.45, 7) is 0.952. The van der Waals surface area contributed by atoms with Crippen molar-refractivity contribution in [2.75, 3.05) is 13.1 Å². The van der Waals surface area contributed by atoms with Crippen LogP contribution in [-0.2, 0) is 9.59 Å². The van der Waals surface area contributed by atoms with Gasteiger partial charge in [0.1, 0.15) is 0 Å². The summed E-state index contributed by atoms with van der Waals surface area (Å²) in [6, 6.07) is 9.07. The highest BCUT2D eigenvalue weighted by atomic mass is 16.4. The second-order valence-electron chi connectivity index (χ2n) is 4.24. The van der Waals surface area contributed by atoms with Crippen LogP contribution in [0, 0.1) is 0 Å². The average Bonchev–Trinajstić information content (AvgIpc) is 2.72. The Kier molecular flexibility index (Phi) is 3.42. The summed E-state index contributed by atoms with van der Waals surface area (Å²) >= 11 is 0. The van der Waals surface area contributed by atoms with Gasteiger partial charge in [-0.05, 0) is 12.0 Å². The summed E-state index contributed by atoms with van der Waals surface area (Å²) in [4.78, 5) is 24.4. The van der Waals surface area contributed by atoms with E-state index in [0.717, 1.165) is 12.0 Å². The first-order valence-electron chi connectivity index (χ1n) is 5.74. The van der Waals surface area contributed by atoms with Crippen molar-refractivity contribution in [3.63, 3.8) is 0 Å². The molecule has 90 valence electrons. The Labute approximate surface area is 99.9 Å². The van der Waals surface area contributed by atoms with Crippen molar-refractivity contribution >= 4 is 11.9 Å². The smallest absolute Gasteiger partial charge is 0.312 e. The topological polar surface area (TPSA) is 57.6 Å². The molecule has 17 heavy (non-hydrogen) atoms. The van der Waals surface area contributed by atoms with Gasteiger partial charge in [-0.25, -0.2) is 0 Å². The second kappa shape index (κ2) is 4.99. The maximum atomic E-state index is 11.5. The zero-order valence-electron chi connectivity index (χ0n) is 9.50. The van der Waals surface area contributed by atoms with Crippen molar-refractivity contribution in [2.24, 2.45) is 0 Å². The molecule has 1 N–H and O–H groups in total. The van der Waals surface area contributed by atoms with E-state index in [4.69, 9.17) is 0 Å². The summed E-state index contributed by atoms with van der Waals surface area (Å²) in [5.74, 6) is -1.44. The number of carboxylic acid groups (broad SMARTS) is 1. The molecule has 1 unspecified atom stereocenters. The molecule has 2 rings (SSSR count). The Balaban J connectivity index is 2.13. The van der Waals surface area contributed by atoms with Gasteiger partial charge in [0.15, 0.2) is 0 Å². The molecule has 0 bridgehead atoms. The van der Waals surface area contributed by atoms with Gasteiger partial charge in [0.05, 0.1) is 5.92 Å². The van der Waals surface area contributed by atoms with E-state index in [0.29, 0.717) is 13.0 Å². The summed E-state index contributed by atoms with van der Waals surface area (Å²) in [5.41, 5.74) is 0.750. The number of hydrogen-bond donors (Lipinski definition) is 1. The highest BCUT2D eigenvalue weighted by Gasteiger charge is 2.27. The summed E-state index contributed by atoms with van der Waals surface area (Å²) in [6.07, 6.45) is 1.38. The van der Waals surface area contributed by atoms with Gasteiger partial charge in [0.2, 0.25) is 5.91 Å². The summed E-state index contributed by atoms with van der Waals surface area (Å²) < 4.78 is 0. The van der Waals surface area contributed by atoms with E-state index in [9.17, 15) is 14.7 Å². The summed E-state index contributed by atoms with van der Waals surface area (Å²) in [5, 5.41) is 9.24. The third-order valence-electron chi connectivity index (χ3n) is 3.07. The molecule has 1 saturated heterocycles. The molecule has 1 heterocycles. The van der Waals surface area contributed by atoms with Crippen LogP contribution in [-0.4, -0.2) is 35.0 Å². The van der Waals surface area contributed by atoms with E-state index >= 15 is 0 Å². The van der Waals surface area contributed by atoms with E-state index < -0.39 is 11.9 Å². The number of benzene rings is 1. The Bertz CT molecular complexity index is 416. The maximum Gasteiger partial charge on any atom is 0.312 e. The molecule has 1 aromatic carbocycles. The van der Waals surface area contributed by atoms with Crippen LogP contribution >= 0.6 is 0 Å². The first kappa shape index (κ1) is 11.6. The van der Waals surface area contributed by atoms with Crippen LogP contribution in [0.3, 0.4) is 0 Å². The molecular weight excluding hydrogens is 218 g/mol. The third kappa shape index (κ3) is 2.64. The van der Waals surface area contributed by atoms with Crippen molar-refractivity contribution in [2.45, 2.75) is 18.8 Å². The minimum atomic E-state index is -0.879. The van der Waals surface area contributed by atoms with Crippen molar-refractivity contribution in [1.82, 2.24) is 4.90 Å². The lowest BCUT2D eigenvalue weighted by atomic mass is 9.99. The van der Waals surface area contributed by atoms with Crippen LogP contribution in [0.1, 0.15) is 24.3 Å². The molecule has 1 aliphatic rings. The van der Waals surface area contributed by atoms with E-state index in [2.05, 4.69) is 0 Å². The number of amides is 1. The van der Waals surface area contributed by atoms with Gasteiger partial charge in [-0.3, -0.25) is 9.59 Å². The van der Waals surface area contributed by atoms with Gasteiger partial charge in [0, 0.05) is 19.5 Å². The average molecular weight is 233 g/mol. The third-order valence-corrected chi connectivity index (χ3v) is 3.07. The molecule has 0 radical (unpaired) electrons. The van der Waals surface area contributed by atoms with Crippen molar-refractivity contribution in [3.8, 4) is 0 Å². The standard InChI is InChI=1S/C13H15NO3/c15-12-7-4-8-14(12)9-11(13(16)17)10-5-2-1-3-6-10/h1-3,5-6,11H,4,7-9H2,(H,16,17). The Hall–Kier alpha value is -1.84. The Morgan fingerprint density at radius 2 is 2.06 bits per heavy atom. The molecule has 0 aliphatic carbocycles. The van der Waals surface area contributed by atoms with Gasteiger partial charge in [0.25, 0.3) is 0 Å². The van der Waals surface area contributed by atoms with E-state index in [1.54, 1.807) is 17.0 Å². The Morgan fingerprint density at radius 1 is 1.35 bits per heavy atom. The molecule has 0 aromatic heterocycles. The predicted octanol–water partition coefficient (Wildman–Crippen LogP) is 1.48. The fourth-order valence-electron chi connectivity index (χ4n) is 2.13. The van der Waals surface area contributed by atoms with Gasteiger partial charge in [-0.1, -0.05) is 30.3 Å². The van der Waals surface area contributed by atoms with Crippen LogP contribution in [0.25, 0.3) is 0 Å². The highest BCUT2D eigenvalue weighted by Crippen LogP contribution is 2.20. The number of carbonyl (C=O) groups is 2. The van der Waals surface area contributed by atoms with Crippen LogP contribution in [0.4, 0.5) is 0 Å². The number of nitrogens with zero attached hydrogens (tertiary/aromatic N) is 1. The van der Waals surface area contributed by atoms with E-state index in [-0.39, 0.29) is 12.5 Å². The molecular formula is C13H15NO3. The first-order valence-corrected chi connectivity index (χ1v) is 5.74. The van der Waals surface area contributed by atoms with Crippen molar-refractivity contribution < 1.29 is 14.7 Å². The Morgan fingerprint density at radius 3 is 2.59 bits per heavy atom. The molecule has 4 nitrogen and oxygen atoms in total. The molecule has 4 heteroatoms. The van der Waals surface area contributed by atoms with Crippen LogP contribution in [0.5, 0.6) is 0 Å². The van der Waals surface area contributed by atoms with Gasteiger partial charge in [-0.2, -0.15) is 0 Å². The van der Waals surface area contributed by atoms with Gasteiger partial charge in [-0.15, -0.1) is 0 Å². The molecule has 0 spiro atoms. The monoisotopic (exact) mass is 233 g/mol. The number of rotatable bonds is 4. The molecule has 1 aromatic rings. The zero-order valence-corrected chi connectivity index (χ0v) is 9.50. The quantitative estimate of drug-likeness (QED) is 0.856. The molecule has 1 amide bonds. The normalized spacial score (nSPS) is 17.2. The molecule has 1 fully saturated rings. The van der Waals surface area contributed by atoms with E-state index in [1.165, 1.54) is 0 Å². The largest absolute Gasteiger partial charge is 0.481 e. The SMILES string of the molecule is O=C(O)C(CN1CCCC1=O)c1ccccc1. The fourth-order valence-corrected chi connectivity index (χ4v) is 2.13. The van der Waals surface area contributed by atoms with Gasteiger partial charge >= 0.3 is 5.97 Å². The lowest BCUT2D eigenvalue weighted by Gasteiger charge is -2.21. The predicted molar refractivity (Wildman–Crippen MR) is 62.6 cm³/mol. The highest BCUT2D eigenvalue weighted by molar-refractivity contribution is 5.81. The van der Waals surface area contributed by atoms with E-state index in [1.807, 2.05) is 18.2 Å². The second-order valence-corrected chi connectivity index (χ2v) is 4.24. The molecule has 1 aliphatic heterocycles. The van der Waals surface area contributed by atoms with Gasteiger partial charge < -0.3 is 10.0 Å².